The number of nitrogens with zero attached hydrogens (tertiary/aromatic N) is 2. The monoisotopic (exact) mass is 486 g/mol. The first kappa shape index (κ1) is 23.1. The van der Waals surface area contributed by atoms with Crippen LogP contribution in [0.5, 0.6) is 0 Å². The summed E-state index contributed by atoms with van der Waals surface area (Å²) in [6, 6.07) is 6.06. The second-order valence-electron chi connectivity index (χ2n) is 9.04. The van der Waals surface area contributed by atoms with E-state index in [0.29, 0.717) is 43.1 Å². The van der Waals surface area contributed by atoms with Gasteiger partial charge in [-0.25, -0.2) is 0 Å². The lowest BCUT2D eigenvalue weighted by Crippen LogP contribution is -2.55. The quantitative estimate of drug-likeness (QED) is 0.376. The minimum atomic E-state index is -1.26. The molecule has 4 aliphatic rings. The third-order valence-corrected chi connectivity index (χ3v) is 7.36. The number of hydrogen-bond donors (Lipinski definition) is 1. The number of amides is 2. The number of benzene rings is 1. The van der Waals surface area contributed by atoms with Crippen molar-refractivity contribution in [2.45, 2.75) is 37.0 Å². The van der Waals surface area contributed by atoms with Crippen LogP contribution in [0.2, 0.25) is 5.02 Å². The fourth-order valence-electron chi connectivity index (χ4n) is 5.63. The smallest absolute Gasteiger partial charge is 0.313 e. The minimum Gasteiger partial charge on any atom is -0.461 e. The molecular formula is C25H27ClN2O6. The highest BCUT2D eigenvalue weighted by atomic mass is 35.5. The fraction of sp³-hybridized carbons (Fsp3) is 0.480. The van der Waals surface area contributed by atoms with Crippen LogP contribution in [0.1, 0.15) is 19.3 Å². The van der Waals surface area contributed by atoms with E-state index in [1.54, 1.807) is 52.3 Å². The van der Waals surface area contributed by atoms with E-state index in [4.69, 9.17) is 26.2 Å². The van der Waals surface area contributed by atoms with Crippen molar-refractivity contribution in [1.82, 2.24) is 4.90 Å². The molecule has 4 aliphatic heterocycles. The molecular weight excluding hydrogens is 460 g/mol. The van der Waals surface area contributed by atoms with E-state index in [9.17, 15) is 14.4 Å². The lowest BCUT2D eigenvalue weighted by molar-refractivity contribution is -0.152. The number of ether oxygens (including phenoxy) is 2. The van der Waals surface area contributed by atoms with Gasteiger partial charge >= 0.3 is 5.97 Å². The van der Waals surface area contributed by atoms with Crippen LogP contribution in [0.4, 0.5) is 5.69 Å². The molecule has 1 spiro atoms. The summed E-state index contributed by atoms with van der Waals surface area (Å²) in [4.78, 5) is 43.9. The van der Waals surface area contributed by atoms with Crippen molar-refractivity contribution in [3.05, 3.63) is 53.6 Å². The standard InChI is InChI=1S/C25H27ClN2O6/c26-16-7-9-17(10-8-16)27-13-5-11-25-20(19-18(34-25)6-4-15-33-24(19)32)22(30)28(21(25)23(27)31)12-2-1-3-14-29/h4-11,18-21,29H,1-3,12-15H2/t18-,19+,20-,21?,25-/m0/s1. The van der Waals surface area contributed by atoms with Crippen LogP contribution < -0.4 is 4.90 Å². The predicted octanol–water partition coefficient (Wildman–Crippen LogP) is 2.10. The number of cyclic esters (lactones) is 1. The molecule has 1 N–H and O–H groups in total. The third-order valence-electron chi connectivity index (χ3n) is 7.11. The number of aliphatic hydroxyl groups excluding tert-OH is 1. The number of carbonyl (C=O) groups is 3. The molecule has 2 amide bonds. The molecule has 4 heterocycles. The molecule has 2 fully saturated rings. The van der Waals surface area contributed by atoms with Gasteiger partial charge in [0.2, 0.25) is 5.91 Å². The number of fused-ring (bicyclic) bond motifs is 2. The van der Waals surface area contributed by atoms with Crippen molar-refractivity contribution >= 4 is 35.1 Å². The first-order chi connectivity index (χ1) is 16.5. The summed E-state index contributed by atoms with van der Waals surface area (Å²) in [6.45, 7) is 0.843. The first-order valence-electron chi connectivity index (χ1n) is 11.6. The average molecular weight is 487 g/mol. The summed E-state index contributed by atoms with van der Waals surface area (Å²) in [5, 5.41) is 9.69. The fourth-order valence-corrected chi connectivity index (χ4v) is 5.76. The summed E-state index contributed by atoms with van der Waals surface area (Å²) in [7, 11) is 0. The van der Waals surface area contributed by atoms with Gasteiger partial charge in [-0.2, -0.15) is 0 Å². The normalized spacial score (nSPS) is 32.2. The molecule has 34 heavy (non-hydrogen) atoms. The maximum atomic E-state index is 14.1. The molecule has 0 radical (unpaired) electrons. The zero-order valence-corrected chi connectivity index (χ0v) is 19.4. The molecule has 1 aromatic carbocycles. The Morgan fingerprint density at radius 3 is 2.62 bits per heavy atom. The Hall–Kier alpha value is -2.68. The van der Waals surface area contributed by atoms with Gasteiger partial charge in [0.1, 0.15) is 24.2 Å². The molecule has 8 nitrogen and oxygen atoms in total. The molecule has 0 saturated carbocycles. The molecule has 5 rings (SSSR count). The second kappa shape index (κ2) is 9.17. The summed E-state index contributed by atoms with van der Waals surface area (Å²) < 4.78 is 11.8. The van der Waals surface area contributed by atoms with Gasteiger partial charge in [-0.15, -0.1) is 0 Å². The van der Waals surface area contributed by atoms with Gasteiger partial charge in [-0.05, 0) is 49.6 Å². The first-order valence-corrected chi connectivity index (χ1v) is 12.0. The van der Waals surface area contributed by atoms with Crippen LogP contribution in [-0.4, -0.2) is 71.8 Å². The molecule has 180 valence electrons. The molecule has 5 atom stereocenters. The van der Waals surface area contributed by atoms with Crippen LogP contribution in [0.25, 0.3) is 0 Å². The number of esters is 1. The molecule has 0 bridgehead atoms. The van der Waals surface area contributed by atoms with Crippen LogP contribution in [0.3, 0.4) is 0 Å². The van der Waals surface area contributed by atoms with Crippen molar-refractivity contribution in [2.75, 3.05) is 31.2 Å². The SMILES string of the molecule is O=C1OCC=C[C@@H]2O[C@]34C=CCN(c5ccc(Cl)cc5)C(=O)C3N(CCCCCO)C(=O)[C@@H]4[C@H]12. The molecule has 2 saturated heterocycles. The highest BCUT2D eigenvalue weighted by Gasteiger charge is 2.71. The third kappa shape index (κ3) is 3.65. The van der Waals surface area contributed by atoms with Crippen LogP contribution in [0, 0.1) is 11.8 Å². The lowest BCUT2D eigenvalue weighted by Gasteiger charge is -2.35. The maximum Gasteiger partial charge on any atom is 0.313 e. The van der Waals surface area contributed by atoms with E-state index >= 15 is 0 Å². The number of hydrogen-bond acceptors (Lipinski definition) is 6. The second-order valence-corrected chi connectivity index (χ2v) is 9.48. The van der Waals surface area contributed by atoms with E-state index in [1.165, 1.54) is 0 Å². The molecule has 0 aliphatic carbocycles. The molecule has 0 aromatic heterocycles. The molecule has 9 heteroatoms. The van der Waals surface area contributed by atoms with E-state index in [-0.39, 0.29) is 25.0 Å². The summed E-state index contributed by atoms with van der Waals surface area (Å²) in [6.07, 6.45) is 8.44. The topological polar surface area (TPSA) is 96.4 Å². The Morgan fingerprint density at radius 2 is 1.85 bits per heavy atom. The van der Waals surface area contributed by atoms with E-state index in [0.717, 1.165) is 0 Å². The van der Waals surface area contributed by atoms with Crippen molar-refractivity contribution in [3.8, 4) is 0 Å². The number of unbranched alkanes of at least 4 members (excludes halogenated alkanes) is 2. The predicted molar refractivity (Wildman–Crippen MR) is 124 cm³/mol. The molecule has 1 unspecified atom stereocenters. The Bertz CT molecular complexity index is 1040. The Balaban J connectivity index is 1.55. The summed E-state index contributed by atoms with van der Waals surface area (Å²) in [5.41, 5.74) is -0.596. The van der Waals surface area contributed by atoms with E-state index < -0.39 is 35.6 Å². The van der Waals surface area contributed by atoms with Crippen LogP contribution in [0.15, 0.2) is 48.6 Å². The van der Waals surface area contributed by atoms with Gasteiger partial charge in [0.25, 0.3) is 5.91 Å². The van der Waals surface area contributed by atoms with Crippen molar-refractivity contribution < 1.29 is 29.0 Å². The highest BCUT2D eigenvalue weighted by molar-refractivity contribution is 6.30. The maximum absolute atomic E-state index is 14.1. The van der Waals surface area contributed by atoms with E-state index in [2.05, 4.69) is 0 Å². The number of carbonyl (C=O) groups excluding carboxylic acids is 3. The zero-order valence-electron chi connectivity index (χ0n) is 18.6. The number of likely N-dealkylation sites (tertiary alicyclic amines) is 1. The summed E-state index contributed by atoms with van der Waals surface area (Å²) in [5.74, 6) is -2.67. The van der Waals surface area contributed by atoms with Crippen molar-refractivity contribution in [1.29, 1.82) is 0 Å². The largest absolute Gasteiger partial charge is 0.461 e. The van der Waals surface area contributed by atoms with Crippen LogP contribution in [-0.2, 0) is 23.9 Å². The van der Waals surface area contributed by atoms with Gasteiger partial charge in [0.15, 0.2) is 0 Å². The van der Waals surface area contributed by atoms with Gasteiger partial charge in [0.05, 0.1) is 12.0 Å². The lowest BCUT2D eigenvalue weighted by atomic mass is 9.78. The number of anilines is 1. The van der Waals surface area contributed by atoms with Gasteiger partial charge < -0.3 is 24.4 Å². The van der Waals surface area contributed by atoms with Crippen molar-refractivity contribution in [2.24, 2.45) is 11.8 Å². The minimum absolute atomic E-state index is 0.0704. The zero-order chi connectivity index (χ0) is 23.9. The number of halogens is 1. The van der Waals surface area contributed by atoms with E-state index in [1.807, 2.05) is 6.08 Å². The highest BCUT2D eigenvalue weighted by Crippen LogP contribution is 2.53. The van der Waals surface area contributed by atoms with Gasteiger partial charge in [-0.3, -0.25) is 14.4 Å². The Morgan fingerprint density at radius 1 is 1.06 bits per heavy atom. The number of rotatable bonds is 6. The van der Waals surface area contributed by atoms with Crippen LogP contribution >= 0.6 is 11.6 Å². The van der Waals surface area contributed by atoms with Gasteiger partial charge in [0, 0.05) is 30.4 Å². The number of aliphatic hydroxyl groups is 1. The summed E-state index contributed by atoms with van der Waals surface area (Å²) >= 11 is 6.04. The Labute approximate surface area is 202 Å². The average Bonchev–Trinajstić information content (AvgIpc) is 3.12. The molecule has 1 aromatic rings. The van der Waals surface area contributed by atoms with Crippen molar-refractivity contribution in [3.63, 3.8) is 0 Å². The van der Waals surface area contributed by atoms with Gasteiger partial charge in [-0.1, -0.05) is 29.8 Å². The Kier molecular flexibility index (Phi) is 6.22.